The average molecular weight is 249 g/mol. The van der Waals surface area contributed by atoms with Crippen molar-refractivity contribution < 1.29 is 19.1 Å². The molecule has 0 spiro atoms. The van der Waals surface area contributed by atoms with E-state index >= 15 is 0 Å². The number of nitrogens with one attached hydrogen (secondary N) is 1. The molecule has 18 heavy (non-hydrogen) atoms. The molecule has 2 rings (SSSR count). The Hall–Kier alpha value is -2.04. The highest BCUT2D eigenvalue weighted by molar-refractivity contribution is 5.85. The number of amides is 1. The fourth-order valence-corrected chi connectivity index (χ4v) is 2.10. The summed E-state index contributed by atoms with van der Waals surface area (Å²) in [5.41, 5.74) is 0. The summed E-state index contributed by atoms with van der Waals surface area (Å²) in [5, 5.41) is 11.8. The van der Waals surface area contributed by atoms with Gasteiger partial charge in [0.25, 0.3) is 0 Å². The van der Waals surface area contributed by atoms with E-state index in [0.29, 0.717) is 25.1 Å². The van der Waals surface area contributed by atoms with E-state index in [1.807, 2.05) is 12.2 Å². The average Bonchev–Trinajstić information content (AvgIpc) is 2.89. The summed E-state index contributed by atoms with van der Waals surface area (Å²) < 4.78 is 5.10. The van der Waals surface area contributed by atoms with Crippen molar-refractivity contribution in [1.29, 1.82) is 0 Å². The van der Waals surface area contributed by atoms with Crippen molar-refractivity contribution in [2.45, 2.75) is 19.4 Å². The summed E-state index contributed by atoms with van der Waals surface area (Å²) in [6.07, 6.45) is 6.09. The molecule has 0 aliphatic heterocycles. The zero-order valence-corrected chi connectivity index (χ0v) is 9.83. The van der Waals surface area contributed by atoms with Crippen molar-refractivity contribution in [3.8, 4) is 0 Å². The number of furan rings is 1. The largest absolute Gasteiger partial charge is 0.481 e. The van der Waals surface area contributed by atoms with Gasteiger partial charge in [0, 0.05) is 0 Å². The van der Waals surface area contributed by atoms with Gasteiger partial charge in [-0.2, -0.15) is 0 Å². The summed E-state index contributed by atoms with van der Waals surface area (Å²) in [5.74, 6) is -1.63. The first-order chi connectivity index (χ1) is 8.68. The quantitative estimate of drug-likeness (QED) is 0.794. The van der Waals surface area contributed by atoms with Crippen LogP contribution in [-0.4, -0.2) is 17.0 Å². The van der Waals surface area contributed by atoms with Crippen molar-refractivity contribution in [2.24, 2.45) is 11.8 Å². The summed E-state index contributed by atoms with van der Waals surface area (Å²) in [6.45, 7) is 0.290. The molecule has 0 saturated carbocycles. The fourth-order valence-electron chi connectivity index (χ4n) is 2.10. The number of carboxylic acid groups (broad SMARTS) is 1. The molecule has 1 amide bonds. The van der Waals surface area contributed by atoms with E-state index in [-0.39, 0.29) is 5.91 Å². The van der Waals surface area contributed by atoms with Crippen LogP contribution in [-0.2, 0) is 16.1 Å². The number of carbonyl (C=O) groups is 2. The van der Waals surface area contributed by atoms with Crippen LogP contribution in [0.15, 0.2) is 35.0 Å². The lowest BCUT2D eigenvalue weighted by molar-refractivity contribution is -0.147. The topological polar surface area (TPSA) is 79.5 Å². The Morgan fingerprint density at radius 1 is 1.33 bits per heavy atom. The molecule has 96 valence electrons. The Morgan fingerprint density at radius 3 is 2.67 bits per heavy atom. The van der Waals surface area contributed by atoms with E-state index in [2.05, 4.69) is 5.32 Å². The van der Waals surface area contributed by atoms with Crippen LogP contribution in [0.3, 0.4) is 0 Å². The summed E-state index contributed by atoms with van der Waals surface area (Å²) in [6, 6.07) is 3.50. The van der Waals surface area contributed by atoms with Crippen molar-refractivity contribution in [2.75, 3.05) is 0 Å². The van der Waals surface area contributed by atoms with Gasteiger partial charge >= 0.3 is 5.97 Å². The molecule has 0 radical (unpaired) electrons. The van der Waals surface area contributed by atoms with E-state index in [1.165, 1.54) is 6.26 Å². The summed E-state index contributed by atoms with van der Waals surface area (Å²) in [4.78, 5) is 23.0. The van der Waals surface area contributed by atoms with Crippen molar-refractivity contribution >= 4 is 11.9 Å². The van der Waals surface area contributed by atoms with Crippen LogP contribution in [0.25, 0.3) is 0 Å². The fraction of sp³-hybridized carbons (Fsp3) is 0.385. The maximum absolute atomic E-state index is 12.0. The Morgan fingerprint density at radius 2 is 2.06 bits per heavy atom. The normalized spacial score (nSPS) is 22.7. The molecule has 2 N–H and O–H groups in total. The van der Waals surface area contributed by atoms with Gasteiger partial charge in [-0.15, -0.1) is 0 Å². The highest BCUT2D eigenvalue weighted by Crippen LogP contribution is 2.26. The summed E-state index contributed by atoms with van der Waals surface area (Å²) in [7, 11) is 0. The van der Waals surface area contributed by atoms with Crippen LogP contribution >= 0.6 is 0 Å². The Balaban J connectivity index is 1.94. The molecule has 0 saturated heterocycles. The second-order valence-corrected chi connectivity index (χ2v) is 4.29. The zero-order valence-electron chi connectivity index (χ0n) is 9.83. The van der Waals surface area contributed by atoms with Crippen molar-refractivity contribution in [3.05, 3.63) is 36.3 Å². The molecule has 1 aromatic rings. The second-order valence-electron chi connectivity index (χ2n) is 4.29. The van der Waals surface area contributed by atoms with Crippen molar-refractivity contribution in [1.82, 2.24) is 5.32 Å². The van der Waals surface area contributed by atoms with E-state index in [1.54, 1.807) is 12.1 Å². The van der Waals surface area contributed by atoms with Gasteiger partial charge in [-0.3, -0.25) is 9.59 Å². The molecular weight excluding hydrogens is 234 g/mol. The first-order valence-electron chi connectivity index (χ1n) is 5.86. The number of rotatable bonds is 4. The van der Waals surface area contributed by atoms with E-state index < -0.39 is 17.8 Å². The number of hydrogen-bond acceptors (Lipinski definition) is 3. The number of carbonyl (C=O) groups excluding carboxylic acids is 1. The SMILES string of the molecule is O=C(O)[C@@H]1CC=CC[C@H]1C(=O)NCc1ccco1. The Bertz CT molecular complexity index is 450. The van der Waals surface area contributed by atoms with Gasteiger partial charge in [0.05, 0.1) is 24.6 Å². The number of allylic oxidation sites excluding steroid dienone is 2. The standard InChI is InChI=1S/C13H15NO4/c15-12(14-8-9-4-3-7-18-9)10-5-1-2-6-11(10)13(16)17/h1-4,7,10-11H,5-6,8H2,(H,14,15)(H,16,17)/t10-,11-/m1/s1. The molecule has 5 heteroatoms. The molecule has 1 aliphatic rings. The van der Waals surface area contributed by atoms with Crippen molar-refractivity contribution in [3.63, 3.8) is 0 Å². The zero-order chi connectivity index (χ0) is 13.0. The van der Waals surface area contributed by atoms with Crippen LogP contribution in [0.1, 0.15) is 18.6 Å². The lowest BCUT2D eigenvalue weighted by Crippen LogP contribution is -2.38. The second kappa shape index (κ2) is 5.53. The molecule has 0 aromatic carbocycles. The van der Waals surface area contributed by atoms with Gasteiger partial charge in [-0.25, -0.2) is 0 Å². The lowest BCUT2D eigenvalue weighted by atomic mass is 9.82. The van der Waals surface area contributed by atoms with Gasteiger partial charge in [-0.05, 0) is 25.0 Å². The number of aliphatic carboxylic acids is 1. The molecule has 1 aromatic heterocycles. The van der Waals surface area contributed by atoms with Crippen LogP contribution in [0.5, 0.6) is 0 Å². The minimum absolute atomic E-state index is 0.233. The highest BCUT2D eigenvalue weighted by Gasteiger charge is 2.33. The minimum atomic E-state index is -0.919. The monoisotopic (exact) mass is 249 g/mol. The van der Waals surface area contributed by atoms with E-state index in [4.69, 9.17) is 9.52 Å². The van der Waals surface area contributed by atoms with Crippen LogP contribution in [0.2, 0.25) is 0 Å². The van der Waals surface area contributed by atoms with Gasteiger partial charge in [0.2, 0.25) is 5.91 Å². The number of carboxylic acids is 1. The third-order valence-electron chi connectivity index (χ3n) is 3.10. The molecule has 0 bridgehead atoms. The predicted molar refractivity (Wildman–Crippen MR) is 63.5 cm³/mol. The third kappa shape index (κ3) is 2.80. The molecule has 0 fully saturated rings. The summed E-state index contributed by atoms with van der Waals surface area (Å²) >= 11 is 0. The minimum Gasteiger partial charge on any atom is -0.481 e. The Kier molecular flexibility index (Phi) is 3.82. The van der Waals surface area contributed by atoms with E-state index in [0.717, 1.165) is 0 Å². The van der Waals surface area contributed by atoms with E-state index in [9.17, 15) is 9.59 Å². The molecule has 1 aliphatic carbocycles. The Labute approximate surface area is 104 Å². The smallest absolute Gasteiger partial charge is 0.307 e. The molecular formula is C13H15NO4. The molecule has 1 heterocycles. The third-order valence-corrected chi connectivity index (χ3v) is 3.10. The van der Waals surface area contributed by atoms with Gasteiger partial charge in [0.15, 0.2) is 0 Å². The first-order valence-corrected chi connectivity index (χ1v) is 5.86. The maximum Gasteiger partial charge on any atom is 0.307 e. The lowest BCUT2D eigenvalue weighted by Gasteiger charge is -2.23. The maximum atomic E-state index is 12.0. The predicted octanol–water partition coefficient (Wildman–Crippen LogP) is 1.56. The highest BCUT2D eigenvalue weighted by atomic mass is 16.4. The van der Waals surface area contributed by atoms with Crippen LogP contribution < -0.4 is 5.32 Å². The molecule has 0 unspecified atom stereocenters. The van der Waals surface area contributed by atoms with Gasteiger partial charge < -0.3 is 14.8 Å². The molecule has 2 atom stereocenters. The van der Waals surface area contributed by atoms with Gasteiger partial charge in [-0.1, -0.05) is 12.2 Å². The number of hydrogen-bond donors (Lipinski definition) is 2. The first kappa shape index (κ1) is 12.4. The van der Waals surface area contributed by atoms with Gasteiger partial charge in [0.1, 0.15) is 5.76 Å². The van der Waals surface area contributed by atoms with Crippen LogP contribution in [0, 0.1) is 11.8 Å². The van der Waals surface area contributed by atoms with Crippen LogP contribution in [0.4, 0.5) is 0 Å². The molecule has 5 nitrogen and oxygen atoms in total.